The molecule has 0 spiro atoms. The lowest BCUT2D eigenvalue weighted by atomic mass is 9.89. The van der Waals surface area contributed by atoms with Crippen LogP contribution in [0.1, 0.15) is 32.6 Å². The molecule has 0 aromatic heterocycles. The third-order valence-corrected chi connectivity index (χ3v) is 3.24. The topological polar surface area (TPSA) is 12.0 Å². The van der Waals surface area contributed by atoms with Crippen LogP contribution in [0, 0.1) is 0 Å². The maximum atomic E-state index is 3.22. The summed E-state index contributed by atoms with van der Waals surface area (Å²) in [7, 11) is 2.00. The van der Waals surface area contributed by atoms with E-state index in [1.807, 2.05) is 7.05 Å². The molecule has 2 rings (SSSR count). The number of hydrogen-bond acceptors (Lipinski definition) is 1. The third-order valence-electron chi connectivity index (χ3n) is 3.24. The summed E-state index contributed by atoms with van der Waals surface area (Å²) < 4.78 is 0. The number of nitrogens with one attached hydrogen (secondary N) is 1. The average Bonchev–Trinajstić information content (AvgIpc) is 2.30. The van der Waals surface area contributed by atoms with Crippen LogP contribution in [0.2, 0.25) is 0 Å². The van der Waals surface area contributed by atoms with E-state index in [0.717, 1.165) is 6.42 Å². The molecule has 0 aliphatic heterocycles. The smallest absolute Gasteiger partial charge is 0.0107 e. The molecule has 1 N–H and O–H groups in total. The van der Waals surface area contributed by atoms with E-state index in [4.69, 9.17) is 0 Å². The van der Waals surface area contributed by atoms with E-state index in [-0.39, 0.29) is 0 Å². The molecule has 0 bridgehead atoms. The minimum Gasteiger partial charge on any atom is -0.391 e. The predicted molar refractivity (Wildman–Crippen MR) is 65.5 cm³/mol. The van der Waals surface area contributed by atoms with Crippen molar-refractivity contribution in [3.8, 4) is 0 Å². The first kappa shape index (κ1) is 10.3. The molecule has 0 radical (unpaired) electrons. The average molecular weight is 201 g/mol. The summed E-state index contributed by atoms with van der Waals surface area (Å²) in [6.45, 7) is 2.21. The number of hydrogen-bond donors (Lipinski definition) is 1. The van der Waals surface area contributed by atoms with Gasteiger partial charge in [0.05, 0.1) is 0 Å². The molecule has 0 fully saturated rings. The Morgan fingerprint density at radius 3 is 2.00 bits per heavy atom. The first-order valence-electron chi connectivity index (χ1n) is 5.74. The molecule has 0 amide bonds. The number of allylic oxidation sites excluding steroid dienone is 8. The normalized spacial score (nSPS) is 21.2. The van der Waals surface area contributed by atoms with Gasteiger partial charge >= 0.3 is 0 Å². The van der Waals surface area contributed by atoms with Gasteiger partial charge < -0.3 is 5.32 Å². The van der Waals surface area contributed by atoms with Crippen molar-refractivity contribution in [3.05, 3.63) is 46.7 Å². The van der Waals surface area contributed by atoms with Crippen molar-refractivity contribution in [2.24, 2.45) is 0 Å². The van der Waals surface area contributed by atoms with E-state index < -0.39 is 0 Å². The monoisotopic (exact) mass is 201 g/mol. The summed E-state index contributed by atoms with van der Waals surface area (Å²) in [6, 6.07) is 0. The van der Waals surface area contributed by atoms with Gasteiger partial charge in [0.15, 0.2) is 0 Å². The van der Waals surface area contributed by atoms with Crippen LogP contribution in [0.5, 0.6) is 0 Å². The summed E-state index contributed by atoms with van der Waals surface area (Å²) in [4.78, 5) is 0. The Morgan fingerprint density at radius 2 is 1.53 bits per heavy atom. The van der Waals surface area contributed by atoms with Crippen molar-refractivity contribution in [2.75, 3.05) is 7.05 Å². The van der Waals surface area contributed by atoms with E-state index in [9.17, 15) is 0 Å². The fourth-order valence-corrected chi connectivity index (χ4v) is 2.12. The summed E-state index contributed by atoms with van der Waals surface area (Å²) in [6.07, 6.45) is 13.8. The van der Waals surface area contributed by atoms with Crippen molar-refractivity contribution in [2.45, 2.75) is 32.6 Å². The molecule has 2 aliphatic rings. The Bertz CT molecular complexity index is 367. The Labute approximate surface area is 92.3 Å². The zero-order valence-corrected chi connectivity index (χ0v) is 9.64. The van der Waals surface area contributed by atoms with Gasteiger partial charge in [0.1, 0.15) is 0 Å². The maximum absolute atomic E-state index is 3.22. The zero-order chi connectivity index (χ0) is 10.7. The standard InChI is InChI=1S/C14H19N/c1-11-3-5-12(6-4-11)13-7-9-14(15-2)10-8-13/h3,5,7,9,15H,4,6,8,10H2,1-2H3. The van der Waals surface area contributed by atoms with Crippen molar-refractivity contribution >= 4 is 0 Å². The van der Waals surface area contributed by atoms with Crippen LogP contribution in [0.15, 0.2) is 46.7 Å². The van der Waals surface area contributed by atoms with Crippen LogP contribution in [-0.4, -0.2) is 7.05 Å². The van der Waals surface area contributed by atoms with E-state index in [2.05, 4.69) is 36.5 Å². The Kier molecular flexibility index (Phi) is 3.10. The molecule has 0 aromatic rings. The minimum absolute atomic E-state index is 1.16. The van der Waals surface area contributed by atoms with Crippen molar-refractivity contribution in [1.82, 2.24) is 5.32 Å². The van der Waals surface area contributed by atoms with Crippen molar-refractivity contribution < 1.29 is 0 Å². The highest BCUT2D eigenvalue weighted by molar-refractivity contribution is 5.41. The fraction of sp³-hybridized carbons (Fsp3) is 0.429. The van der Waals surface area contributed by atoms with Crippen LogP contribution in [0.4, 0.5) is 0 Å². The van der Waals surface area contributed by atoms with Crippen LogP contribution in [-0.2, 0) is 0 Å². The van der Waals surface area contributed by atoms with E-state index in [1.54, 1.807) is 0 Å². The van der Waals surface area contributed by atoms with Gasteiger partial charge in [0.25, 0.3) is 0 Å². The molecule has 1 nitrogen and oxygen atoms in total. The summed E-state index contributed by atoms with van der Waals surface area (Å²) in [5.74, 6) is 0. The number of rotatable bonds is 2. The lowest BCUT2D eigenvalue weighted by molar-refractivity contribution is 0.799. The maximum Gasteiger partial charge on any atom is 0.0107 e. The second-order valence-corrected chi connectivity index (χ2v) is 4.34. The van der Waals surface area contributed by atoms with Gasteiger partial charge in [-0.15, -0.1) is 0 Å². The van der Waals surface area contributed by atoms with Gasteiger partial charge in [-0.1, -0.05) is 23.8 Å². The molecule has 80 valence electrons. The van der Waals surface area contributed by atoms with Crippen LogP contribution < -0.4 is 5.32 Å². The van der Waals surface area contributed by atoms with Gasteiger partial charge in [-0.25, -0.2) is 0 Å². The summed E-state index contributed by atoms with van der Waals surface area (Å²) >= 11 is 0. The quantitative estimate of drug-likeness (QED) is 0.721. The van der Waals surface area contributed by atoms with E-state index in [1.165, 1.54) is 41.7 Å². The predicted octanol–water partition coefficient (Wildman–Crippen LogP) is 3.48. The van der Waals surface area contributed by atoms with E-state index >= 15 is 0 Å². The van der Waals surface area contributed by atoms with Gasteiger partial charge in [0, 0.05) is 12.7 Å². The van der Waals surface area contributed by atoms with Gasteiger partial charge in [-0.3, -0.25) is 0 Å². The third kappa shape index (κ3) is 2.41. The van der Waals surface area contributed by atoms with Crippen molar-refractivity contribution in [3.63, 3.8) is 0 Å². The molecule has 0 heterocycles. The van der Waals surface area contributed by atoms with Crippen LogP contribution in [0.3, 0.4) is 0 Å². The minimum atomic E-state index is 1.16. The van der Waals surface area contributed by atoms with Gasteiger partial charge in [0.2, 0.25) is 0 Å². The highest BCUT2D eigenvalue weighted by Gasteiger charge is 2.11. The highest BCUT2D eigenvalue weighted by Crippen LogP contribution is 2.29. The molecule has 15 heavy (non-hydrogen) atoms. The van der Waals surface area contributed by atoms with Crippen molar-refractivity contribution in [1.29, 1.82) is 0 Å². The molecule has 0 unspecified atom stereocenters. The van der Waals surface area contributed by atoms with Gasteiger partial charge in [-0.05, 0) is 49.8 Å². The zero-order valence-electron chi connectivity index (χ0n) is 9.64. The fourth-order valence-electron chi connectivity index (χ4n) is 2.12. The molecule has 0 atom stereocenters. The highest BCUT2D eigenvalue weighted by atomic mass is 14.8. The second-order valence-electron chi connectivity index (χ2n) is 4.34. The second kappa shape index (κ2) is 4.52. The Balaban J connectivity index is 2.13. The Morgan fingerprint density at radius 1 is 0.867 bits per heavy atom. The Hall–Kier alpha value is -1.24. The molecular weight excluding hydrogens is 182 g/mol. The largest absolute Gasteiger partial charge is 0.391 e. The molecule has 1 heteroatoms. The first-order valence-corrected chi connectivity index (χ1v) is 5.74. The van der Waals surface area contributed by atoms with E-state index in [0.29, 0.717) is 0 Å². The molecule has 0 saturated heterocycles. The van der Waals surface area contributed by atoms with Gasteiger partial charge in [-0.2, -0.15) is 0 Å². The summed E-state index contributed by atoms with van der Waals surface area (Å²) in [5.41, 5.74) is 5.91. The molecular formula is C14H19N. The lowest BCUT2D eigenvalue weighted by Crippen LogP contribution is -2.09. The molecule has 0 aromatic carbocycles. The SMILES string of the molecule is CNC1=CC=C(C2=CC=C(C)CC2)CC1. The lowest BCUT2D eigenvalue weighted by Gasteiger charge is -2.19. The first-order chi connectivity index (χ1) is 7.29. The summed E-state index contributed by atoms with van der Waals surface area (Å²) in [5, 5.41) is 3.22. The molecule has 2 aliphatic carbocycles. The van der Waals surface area contributed by atoms with Crippen LogP contribution in [0.25, 0.3) is 0 Å². The molecule has 0 saturated carbocycles. The van der Waals surface area contributed by atoms with Crippen LogP contribution >= 0.6 is 0 Å².